The highest BCUT2D eigenvalue weighted by molar-refractivity contribution is 7.09. The summed E-state index contributed by atoms with van der Waals surface area (Å²) in [6.07, 6.45) is 0. The lowest BCUT2D eigenvalue weighted by Gasteiger charge is -2.21. The number of hydrogen-bond donors (Lipinski definition) is 2. The van der Waals surface area contributed by atoms with Gasteiger partial charge in [-0.2, -0.15) is 0 Å². The van der Waals surface area contributed by atoms with Crippen LogP contribution in [0, 0.1) is 6.92 Å². The van der Waals surface area contributed by atoms with Crippen LogP contribution in [0.2, 0.25) is 0 Å². The number of carbonyl (C=O) groups excluding carboxylic acids is 1. The number of aromatic nitrogens is 1. The van der Waals surface area contributed by atoms with Gasteiger partial charge in [0.2, 0.25) is 0 Å². The smallest absolute Gasteiger partial charge is 0.257 e. The fourth-order valence-corrected chi connectivity index (χ4v) is 3.17. The molecule has 0 radical (unpaired) electrons. The van der Waals surface area contributed by atoms with Crippen molar-refractivity contribution in [2.24, 2.45) is 4.99 Å². The number of benzene rings is 1. The minimum atomic E-state index is -0.126. The van der Waals surface area contributed by atoms with Crippen molar-refractivity contribution in [3.05, 3.63) is 45.9 Å². The molecule has 28 heavy (non-hydrogen) atoms. The Morgan fingerprint density at radius 2 is 2.07 bits per heavy atom. The topological polar surface area (TPSA) is 78.8 Å². The molecule has 0 bridgehead atoms. The van der Waals surface area contributed by atoms with Crippen molar-refractivity contribution >= 4 is 23.2 Å². The first-order valence-corrected chi connectivity index (χ1v) is 10.3. The van der Waals surface area contributed by atoms with E-state index in [1.807, 2.05) is 52.1 Å². The van der Waals surface area contributed by atoms with Gasteiger partial charge in [-0.1, -0.05) is 12.1 Å². The van der Waals surface area contributed by atoms with E-state index in [-0.39, 0.29) is 12.5 Å². The van der Waals surface area contributed by atoms with Crippen LogP contribution >= 0.6 is 11.3 Å². The Morgan fingerprint density at radius 3 is 2.75 bits per heavy atom. The van der Waals surface area contributed by atoms with Gasteiger partial charge < -0.3 is 20.3 Å². The molecule has 8 heteroatoms. The predicted octanol–water partition coefficient (Wildman–Crippen LogP) is 2.56. The first kappa shape index (κ1) is 21.7. The lowest BCUT2D eigenvalue weighted by Crippen LogP contribution is -2.38. The monoisotopic (exact) mass is 403 g/mol. The third-order valence-corrected chi connectivity index (χ3v) is 4.64. The Labute approximate surface area is 170 Å². The van der Waals surface area contributed by atoms with Crippen LogP contribution in [-0.4, -0.2) is 48.5 Å². The Kier molecular flexibility index (Phi) is 8.74. The Bertz CT molecular complexity index is 790. The average Bonchev–Trinajstić information content (AvgIpc) is 3.08. The molecule has 0 unspecified atom stereocenters. The molecule has 0 atom stereocenters. The summed E-state index contributed by atoms with van der Waals surface area (Å²) in [6.45, 7) is 8.55. The van der Waals surface area contributed by atoms with Gasteiger partial charge in [-0.15, -0.1) is 11.3 Å². The summed E-state index contributed by atoms with van der Waals surface area (Å²) in [7, 11) is 2.00. The van der Waals surface area contributed by atoms with Gasteiger partial charge in [0, 0.05) is 25.5 Å². The van der Waals surface area contributed by atoms with Crippen molar-refractivity contribution < 1.29 is 9.53 Å². The normalized spacial score (nSPS) is 11.2. The van der Waals surface area contributed by atoms with Crippen LogP contribution in [0.3, 0.4) is 0 Å². The van der Waals surface area contributed by atoms with E-state index in [0.29, 0.717) is 25.4 Å². The zero-order chi connectivity index (χ0) is 20.4. The van der Waals surface area contributed by atoms with Gasteiger partial charge in [0.15, 0.2) is 12.6 Å². The second kappa shape index (κ2) is 11.3. The van der Waals surface area contributed by atoms with E-state index in [9.17, 15) is 4.79 Å². The quantitative estimate of drug-likeness (QED) is 0.497. The average molecular weight is 404 g/mol. The highest BCUT2D eigenvalue weighted by Gasteiger charge is 2.09. The molecule has 0 fully saturated rings. The van der Waals surface area contributed by atoms with Crippen molar-refractivity contribution in [3.8, 4) is 5.75 Å². The van der Waals surface area contributed by atoms with Crippen LogP contribution in [0.15, 0.2) is 34.6 Å². The summed E-state index contributed by atoms with van der Waals surface area (Å²) in [6, 6.07) is 7.66. The number of hydrogen-bond acceptors (Lipinski definition) is 5. The summed E-state index contributed by atoms with van der Waals surface area (Å²) in [4.78, 5) is 22.8. The molecule has 0 aliphatic carbocycles. The van der Waals surface area contributed by atoms with E-state index in [2.05, 4.69) is 25.9 Å². The summed E-state index contributed by atoms with van der Waals surface area (Å²) in [5.74, 6) is 1.36. The molecule has 0 saturated carbocycles. The van der Waals surface area contributed by atoms with E-state index in [1.165, 1.54) is 0 Å². The van der Waals surface area contributed by atoms with Gasteiger partial charge in [-0.3, -0.25) is 4.79 Å². The molecule has 1 aromatic carbocycles. The van der Waals surface area contributed by atoms with E-state index in [4.69, 9.17) is 9.73 Å². The number of ether oxygens (including phenoxy) is 1. The van der Waals surface area contributed by atoms with Crippen molar-refractivity contribution in [1.29, 1.82) is 0 Å². The molecule has 1 heterocycles. The second-order valence-electron chi connectivity index (χ2n) is 6.27. The third-order valence-electron chi connectivity index (χ3n) is 3.82. The van der Waals surface area contributed by atoms with Crippen molar-refractivity contribution in [3.63, 3.8) is 0 Å². The van der Waals surface area contributed by atoms with Gasteiger partial charge >= 0.3 is 0 Å². The van der Waals surface area contributed by atoms with Gasteiger partial charge in [0.1, 0.15) is 5.75 Å². The van der Waals surface area contributed by atoms with Crippen LogP contribution in [0.5, 0.6) is 5.75 Å². The highest BCUT2D eigenvalue weighted by atomic mass is 32.1. The maximum atomic E-state index is 11.5. The Morgan fingerprint density at radius 1 is 1.29 bits per heavy atom. The Hall–Kier alpha value is -2.61. The number of nitrogens with zero attached hydrogens (tertiary/aromatic N) is 3. The summed E-state index contributed by atoms with van der Waals surface area (Å²) < 4.78 is 5.55. The summed E-state index contributed by atoms with van der Waals surface area (Å²) >= 11 is 1.65. The van der Waals surface area contributed by atoms with Gasteiger partial charge in [-0.25, -0.2) is 9.98 Å². The first-order valence-electron chi connectivity index (χ1n) is 9.40. The second-order valence-corrected chi connectivity index (χ2v) is 7.34. The molecule has 2 N–H and O–H groups in total. The number of amides is 1. The molecule has 0 spiro atoms. The predicted molar refractivity (Wildman–Crippen MR) is 114 cm³/mol. The Balaban J connectivity index is 1.99. The lowest BCUT2D eigenvalue weighted by molar-refractivity contribution is -0.122. The number of nitrogens with one attached hydrogen (secondary N) is 2. The number of rotatable bonds is 9. The van der Waals surface area contributed by atoms with Crippen LogP contribution in [0.25, 0.3) is 0 Å². The maximum Gasteiger partial charge on any atom is 0.257 e. The molecule has 2 aromatic rings. The molecule has 2 rings (SSSR count). The zero-order valence-electron chi connectivity index (χ0n) is 17.0. The number of guanidine groups is 1. The largest absolute Gasteiger partial charge is 0.484 e. The molecular weight excluding hydrogens is 374 g/mol. The zero-order valence-corrected chi connectivity index (χ0v) is 17.8. The van der Waals surface area contributed by atoms with Crippen LogP contribution in [-0.2, 0) is 17.9 Å². The molecule has 1 amide bonds. The van der Waals surface area contributed by atoms with Gasteiger partial charge in [-0.05, 0) is 38.5 Å². The minimum Gasteiger partial charge on any atom is -0.484 e. The van der Waals surface area contributed by atoms with E-state index >= 15 is 0 Å². The first-order chi connectivity index (χ1) is 13.5. The van der Waals surface area contributed by atoms with Crippen molar-refractivity contribution in [1.82, 2.24) is 20.5 Å². The third kappa shape index (κ3) is 7.19. The fraction of sp³-hybridized carbons (Fsp3) is 0.450. The van der Waals surface area contributed by atoms with Crippen LogP contribution in [0.4, 0.5) is 0 Å². The summed E-state index contributed by atoms with van der Waals surface area (Å²) in [5, 5.41) is 9.17. The molecular formula is C20H29N5O2S. The maximum absolute atomic E-state index is 11.5. The SMILES string of the molecule is CCNC(=O)COc1cccc(CN=C(NCC)N(C)Cc2csc(C)n2)c1. The number of carbonyl (C=O) groups is 1. The standard InChI is InChI=1S/C20H29N5O2S/c1-5-21-19(26)13-27-18-9-7-8-16(10-18)11-23-20(22-6-2)25(4)12-17-14-28-15(3)24-17/h7-10,14H,5-6,11-13H2,1-4H3,(H,21,26)(H,22,23). The number of aliphatic imine (C=N–C) groups is 1. The number of thiazole rings is 1. The molecule has 152 valence electrons. The number of likely N-dealkylation sites (N-methyl/N-ethyl adjacent to an activating group) is 1. The molecule has 1 aromatic heterocycles. The van der Waals surface area contributed by atoms with Crippen LogP contribution in [0.1, 0.15) is 30.1 Å². The molecule has 0 saturated heterocycles. The fourth-order valence-electron chi connectivity index (χ4n) is 2.57. The van der Waals surface area contributed by atoms with E-state index in [1.54, 1.807) is 11.3 Å². The lowest BCUT2D eigenvalue weighted by atomic mass is 10.2. The molecule has 0 aliphatic rings. The van der Waals surface area contributed by atoms with Crippen molar-refractivity contribution in [2.45, 2.75) is 33.9 Å². The molecule has 7 nitrogen and oxygen atoms in total. The minimum absolute atomic E-state index is 0.0129. The van der Waals surface area contributed by atoms with E-state index < -0.39 is 0 Å². The van der Waals surface area contributed by atoms with E-state index in [0.717, 1.165) is 28.8 Å². The van der Waals surface area contributed by atoms with Gasteiger partial charge in [0.05, 0.1) is 23.8 Å². The number of aryl methyl sites for hydroxylation is 1. The van der Waals surface area contributed by atoms with Gasteiger partial charge in [0.25, 0.3) is 5.91 Å². The molecule has 0 aliphatic heterocycles. The van der Waals surface area contributed by atoms with Crippen LogP contribution < -0.4 is 15.4 Å². The summed E-state index contributed by atoms with van der Waals surface area (Å²) in [5.41, 5.74) is 2.05. The van der Waals surface area contributed by atoms with Crippen molar-refractivity contribution in [2.75, 3.05) is 26.7 Å². The highest BCUT2D eigenvalue weighted by Crippen LogP contribution is 2.14.